The first-order valence-electron chi connectivity index (χ1n) is 7.99. The summed E-state index contributed by atoms with van der Waals surface area (Å²) in [4.78, 5) is 37.2. The van der Waals surface area contributed by atoms with Crippen LogP contribution in [-0.4, -0.2) is 41.8 Å². The minimum atomic E-state index is -0.508. The molecule has 0 spiro atoms. The zero-order valence-corrected chi connectivity index (χ0v) is 13.9. The lowest BCUT2D eigenvalue weighted by Crippen LogP contribution is -2.42. The van der Waals surface area contributed by atoms with Gasteiger partial charge in [0.1, 0.15) is 5.82 Å². The summed E-state index contributed by atoms with van der Waals surface area (Å²) in [5.41, 5.74) is 0.948. The number of aryl methyl sites for hydroxylation is 1. The Labute approximate surface area is 140 Å². The van der Waals surface area contributed by atoms with Crippen LogP contribution in [0.4, 0.5) is 10.1 Å². The average molecular weight is 335 g/mol. The van der Waals surface area contributed by atoms with Gasteiger partial charge in [-0.25, -0.2) is 4.39 Å². The van der Waals surface area contributed by atoms with Crippen LogP contribution in [0.25, 0.3) is 0 Å². The Morgan fingerprint density at radius 1 is 1.38 bits per heavy atom. The van der Waals surface area contributed by atoms with Crippen molar-refractivity contribution in [1.29, 1.82) is 0 Å². The van der Waals surface area contributed by atoms with E-state index in [2.05, 4.69) is 10.6 Å². The SMILES string of the molecule is Cc1ccc(F)c(NC(=O)CCC(=O)N2CCC(=O)NCC2C)c1. The molecule has 1 atom stereocenters. The Morgan fingerprint density at radius 3 is 2.88 bits per heavy atom. The van der Waals surface area contributed by atoms with Crippen LogP contribution in [0.5, 0.6) is 0 Å². The third kappa shape index (κ3) is 4.78. The average Bonchev–Trinajstić information content (AvgIpc) is 2.70. The lowest BCUT2D eigenvalue weighted by atomic mass is 10.2. The van der Waals surface area contributed by atoms with Crippen LogP contribution in [0.1, 0.15) is 31.7 Å². The molecule has 0 bridgehead atoms. The maximum absolute atomic E-state index is 13.6. The number of hydrogen-bond donors (Lipinski definition) is 2. The van der Waals surface area contributed by atoms with Gasteiger partial charge in [-0.3, -0.25) is 14.4 Å². The number of carbonyl (C=O) groups excluding carboxylic acids is 3. The van der Waals surface area contributed by atoms with Crippen molar-refractivity contribution < 1.29 is 18.8 Å². The van der Waals surface area contributed by atoms with Gasteiger partial charge in [0.25, 0.3) is 0 Å². The maximum atomic E-state index is 13.6. The molecule has 6 nitrogen and oxygen atoms in total. The van der Waals surface area contributed by atoms with Crippen molar-refractivity contribution in [1.82, 2.24) is 10.2 Å². The molecule has 1 aromatic rings. The van der Waals surface area contributed by atoms with Crippen LogP contribution in [0.15, 0.2) is 18.2 Å². The summed E-state index contributed by atoms with van der Waals surface area (Å²) in [7, 11) is 0. The highest BCUT2D eigenvalue weighted by Crippen LogP contribution is 2.16. The van der Waals surface area contributed by atoms with E-state index in [1.807, 2.05) is 6.92 Å². The third-order valence-electron chi connectivity index (χ3n) is 3.99. The van der Waals surface area contributed by atoms with E-state index in [1.54, 1.807) is 24.0 Å². The van der Waals surface area contributed by atoms with Gasteiger partial charge in [0.15, 0.2) is 0 Å². The van der Waals surface area contributed by atoms with Crippen LogP contribution in [0.3, 0.4) is 0 Å². The van der Waals surface area contributed by atoms with Crippen molar-refractivity contribution in [2.75, 3.05) is 18.4 Å². The van der Waals surface area contributed by atoms with E-state index in [9.17, 15) is 18.8 Å². The first kappa shape index (κ1) is 17.9. The lowest BCUT2D eigenvalue weighted by Gasteiger charge is -2.26. The zero-order chi connectivity index (χ0) is 17.7. The molecule has 2 N–H and O–H groups in total. The van der Waals surface area contributed by atoms with Crippen molar-refractivity contribution in [2.24, 2.45) is 0 Å². The first-order valence-corrected chi connectivity index (χ1v) is 7.99. The topological polar surface area (TPSA) is 78.5 Å². The molecule has 1 aromatic carbocycles. The van der Waals surface area contributed by atoms with Gasteiger partial charge in [-0.2, -0.15) is 0 Å². The Hall–Kier alpha value is -2.44. The van der Waals surface area contributed by atoms with Crippen LogP contribution in [0.2, 0.25) is 0 Å². The fourth-order valence-electron chi connectivity index (χ4n) is 2.58. The molecule has 130 valence electrons. The summed E-state index contributed by atoms with van der Waals surface area (Å²) in [5.74, 6) is -1.18. The molecule has 0 aromatic heterocycles. The summed E-state index contributed by atoms with van der Waals surface area (Å²) in [6.07, 6.45) is 0.255. The fraction of sp³-hybridized carbons (Fsp3) is 0.471. The van der Waals surface area contributed by atoms with Crippen LogP contribution in [0, 0.1) is 12.7 Å². The summed E-state index contributed by atoms with van der Waals surface area (Å²) in [6.45, 7) is 4.41. The highest BCUT2D eigenvalue weighted by molar-refractivity contribution is 5.93. The normalized spacial score (nSPS) is 17.9. The molecule has 0 saturated carbocycles. The Bertz CT molecular complexity index is 648. The van der Waals surface area contributed by atoms with Crippen molar-refractivity contribution in [3.05, 3.63) is 29.6 Å². The van der Waals surface area contributed by atoms with E-state index in [4.69, 9.17) is 0 Å². The Kier molecular flexibility index (Phi) is 5.89. The van der Waals surface area contributed by atoms with E-state index < -0.39 is 11.7 Å². The van der Waals surface area contributed by atoms with Gasteiger partial charge < -0.3 is 15.5 Å². The predicted molar refractivity (Wildman–Crippen MR) is 87.8 cm³/mol. The van der Waals surface area contributed by atoms with E-state index in [0.29, 0.717) is 13.1 Å². The number of anilines is 1. The van der Waals surface area contributed by atoms with Gasteiger partial charge in [-0.05, 0) is 31.5 Å². The molecule has 7 heteroatoms. The second-order valence-corrected chi connectivity index (χ2v) is 6.02. The standard InChI is InChI=1S/C17H22FN3O3/c1-11-3-4-13(18)14(9-11)20-16(23)5-6-17(24)21-8-7-15(22)19-10-12(21)2/h3-4,9,12H,5-8,10H2,1-2H3,(H,19,22)(H,20,23). The van der Waals surface area contributed by atoms with Gasteiger partial charge in [-0.1, -0.05) is 6.07 Å². The van der Waals surface area contributed by atoms with Gasteiger partial charge >= 0.3 is 0 Å². The molecule has 0 aliphatic carbocycles. The minimum absolute atomic E-state index is 0.0256. The summed E-state index contributed by atoms with van der Waals surface area (Å²) in [5, 5.41) is 5.22. The largest absolute Gasteiger partial charge is 0.354 e. The highest BCUT2D eigenvalue weighted by atomic mass is 19.1. The molecule has 1 unspecified atom stereocenters. The number of amides is 3. The number of rotatable bonds is 4. The molecule has 1 heterocycles. The number of carbonyl (C=O) groups is 3. The lowest BCUT2D eigenvalue weighted by molar-refractivity contribution is -0.134. The molecular formula is C17H22FN3O3. The summed E-state index contributed by atoms with van der Waals surface area (Å²) in [6, 6.07) is 4.34. The molecule has 3 amide bonds. The van der Waals surface area contributed by atoms with Gasteiger partial charge in [0.05, 0.1) is 5.69 Å². The number of nitrogens with one attached hydrogen (secondary N) is 2. The van der Waals surface area contributed by atoms with Crippen LogP contribution in [-0.2, 0) is 14.4 Å². The number of halogens is 1. The van der Waals surface area contributed by atoms with Gasteiger partial charge in [0.2, 0.25) is 17.7 Å². The highest BCUT2D eigenvalue weighted by Gasteiger charge is 2.24. The smallest absolute Gasteiger partial charge is 0.224 e. The second kappa shape index (κ2) is 7.90. The molecule has 1 aliphatic heterocycles. The predicted octanol–water partition coefficient (Wildman–Crippen LogP) is 1.59. The van der Waals surface area contributed by atoms with Crippen molar-refractivity contribution >= 4 is 23.4 Å². The molecular weight excluding hydrogens is 313 g/mol. The Balaban J connectivity index is 1.87. The molecule has 1 fully saturated rings. The van der Waals surface area contributed by atoms with E-state index in [-0.39, 0.29) is 42.8 Å². The summed E-state index contributed by atoms with van der Waals surface area (Å²) >= 11 is 0. The number of nitrogens with zero attached hydrogens (tertiary/aromatic N) is 1. The van der Waals surface area contributed by atoms with Crippen LogP contribution < -0.4 is 10.6 Å². The quantitative estimate of drug-likeness (QED) is 0.877. The molecule has 0 radical (unpaired) electrons. The monoisotopic (exact) mass is 335 g/mol. The van der Waals surface area contributed by atoms with E-state index in [0.717, 1.165) is 5.56 Å². The fourth-order valence-corrected chi connectivity index (χ4v) is 2.58. The third-order valence-corrected chi connectivity index (χ3v) is 3.99. The molecule has 2 rings (SSSR count). The molecule has 24 heavy (non-hydrogen) atoms. The molecule has 1 aliphatic rings. The van der Waals surface area contributed by atoms with Crippen molar-refractivity contribution in [3.8, 4) is 0 Å². The van der Waals surface area contributed by atoms with Gasteiger partial charge in [-0.15, -0.1) is 0 Å². The van der Waals surface area contributed by atoms with Gasteiger partial charge in [0, 0.05) is 38.4 Å². The van der Waals surface area contributed by atoms with Crippen molar-refractivity contribution in [2.45, 2.75) is 39.2 Å². The van der Waals surface area contributed by atoms with E-state index in [1.165, 1.54) is 6.07 Å². The number of benzene rings is 1. The minimum Gasteiger partial charge on any atom is -0.354 e. The van der Waals surface area contributed by atoms with Crippen molar-refractivity contribution in [3.63, 3.8) is 0 Å². The first-order chi connectivity index (χ1) is 11.4. The second-order valence-electron chi connectivity index (χ2n) is 6.02. The maximum Gasteiger partial charge on any atom is 0.224 e. The Morgan fingerprint density at radius 2 is 2.12 bits per heavy atom. The summed E-state index contributed by atoms with van der Waals surface area (Å²) < 4.78 is 13.6. The molecule has 1 saturated heterocycles. The van der Waals surface area contributed by atoms with E-state index >= 15 is 0 Å². The zero-order valence-electron chi connectivity index (χ0n) is 13.9. The number of hydrogen-bond acceptors (Lipinski definition) is 3. The van der Waals surface area contributed by atoms with Crippen LogP contribution >= 0.6 is 0 Å².